The molecule has 0 unspecified atom stereocenters. The van der Waals surface area contributed by atoms with Gasteiger partial charge in [-0.25, -0.2) is 9.97 Å². The number of anilines is 1. The molecule has 1 aromatic heterocycles. The monoisotopic (exact) mass is 335 g/mol. The van der Waals surface area contributed by atoms with Crippen molar-refractivity contribution in [2.24, 2.45) is 0 Å². The first-order chi connectivity index (χ1) is 11.7. The maximum atomic E-state index is 5.94. The fraction of sp³-hybridized carbons (Fsp3) is 0.0526. The molecule has 5 heteroatoms. The van der Waals surface area contributed by atoms with Crippen LogP contribution in [0.4, 0.5) is 5.82 Å². The quantitative estimate of drug-likeness (QED) is 0.749. The Labute approximate surface area is 145 Å². The summed E-state index contributed by atoms with van der Waals surface area (Å²) in [5.41, 5.74) is 7.77. The van der Waals surface area contributed by atoms with Gasteiger partial charge in [-0.15, -0.1) is 0 Å². The van der Waals surface area contributed by atoms with Crippen LogP contribution < -0.4 is 10.5 Å². The van der Waals surface area contributed by atoms with Gasteiger partial charge in [-0.05, 0) is 35.9 Å². The lowest BCUT2D eigenvalue weighted by Gasteiger charge is -2.04. The summed E-state index contributed by atoms with van der Waals surface area (Å²) in [4.78, 5) is 9.90. The molecule has 3 rings (SSSR count). The second-order valence-corrected chi connectivity index (χ2v) is 6.07. The highest BCUT2D eigenvalue weighted by Gasteiger charge is 2.05. The first kappa shape index (κ1) is 16.1. The van der Waals surface area contributed by atoms with E-state index in [1.165, 1.54) is 11.8 Å². The molecule has 0 aliphatic rings. The van der Waals surface area contributed by atoms with Crippen LogP contribution in [0.5, 0.6) is 5.75 Å². The molecular formula is C19H17N3OS. The van der Waals surface area contributed by atoms with Gasteiger partial charge in [0.25, 0.3) is 0 Å². The number of nitrogen functional groups attached to an aromatic ring is 1. The number of benzene rings is 2. The topological polar surface area (TPSA) is 61.0 Å². The van der Waals surface area contributed by atoms with Crippen LogP contribution in [-0.2, 0) is 0 Å². The zero-order chi connectivity index (χ0) is 16.8. The molecule has 0 spiro atoms. The third-order valence-electron chi connectivity index (χ3n) is 3.31. The van der Waals surface area contributed by atoms with Crippen LogP contribution in [0.15, 0.2) is 70.7 Å². The number of aromatic nitrogens is 2. The summed E-state index contributed by atoms with van der Waals surface area (Å²) in [6.07, 6.45) is 5.57. The molecule has 0 saturated heterocycles. The molecule has 0 atom stereocenters. The van der Waals surface area contributed by atoms with Crippen LogP contribution in [0.25, 0.3) is 12.2 Å². The lowest BCUT2D eigenvalue weighted by molar-refractivity contribution is 0.415. The average Bonchev–Trinajstić information content (AvgIpc) is 2.63. The van der Waals surface area contributed by atoms with Crippen LogP contribution in [-0.4, -0.2) is 17.1 Å². The first-order valence-corrected chi connectivity index (χ1v) is 8.24. The third kappa shape index (κ3) is 4.14. The van der Waals surface area contributed by atoms with Crippen LogP contribution in [0.1, 0.15) is 11.3 Å². The molecule has 0 bridgehead atoms. The van der Waals surface area contributed by atoms with E-state index in [9.17, 15) is 0 Å². The van der Waals surface area contributed by atoms with Crippen molar-refractivity contribution in [2.75, 3.05) is 12.8 Å². The number of nitrogens with zero attached hydrogens (tertiary/aromatic N) is 2. The van der Waals surface area contributed by atoms with E-state index in [2.05, 4.69) is 9.97 Å². The van der Waals surface area contributed by atoms with E-state index >= 15 is 0 Å². The number of hydrogen-bond donors (Lipinski definition) is 1. The second kappa shape index (κ2) is 7.66. The Morgan fingerprint density at radius 1 is 1.00 bits per heavy atom. The van der Waals surface area contributed by atoms with E-state index in [-0.39, 0.29) is 0 Å². The molecule has 0 fully saturated rings. The Morgan fingerprint density at radius 3 is 2.46 bits per heavy atom. The molecule has 4 nitrogen and oxygen atoms in total. The number of methoxy groups -OCH3 is 1. The Bertz CT molecular complexity index is 833. The molecular weight excluding hydrogens is 318 g/mol. The molecule has 1 heterocycles. The SMILES string of the molecule is COc1ccc(/C=C/c2cnc(N)c(Sc3ccccc3)n2)cc1. The summed E-state index contributed by atoms with van der Waals surface area (Å²) in [6.45, 7) is 0. The number of ether oxygens (including phenoxy) is 1. The van der Waals surface area contributed by atoms with Gasteiger partial charge in [0.1, 0.15) is 10.8 Å². The van der Waals surface area contributed by atoms with Crippen LogP contribution >= 0.6 is 11.8 Å². The van der Waals surface area contributed by atoms with E-state index < -0.39 is 0 Å². The Kier molecular flexibility index (Phi) is 5.13. The van der Waals surface area contributed by atoms with Crippen molar-refractivity contribution in [1.29, 1.82) is 0 Å². The molecule has 0 aliphatic carbocycles. The van der Waals surface area contributed by atoms with Crippen molar-refractivity contribution in [3.8, 4) is 5.75 Å². The predicted octanol–water partition coefficient (Wildman–Crippen LogP) is 4.39. The van der Waals surface area contributed by atoms with Crippen LogP contribution in [0.2, 0.25) is 0 Å². The molecule has 0 aliphatic heterocycles. The molecule has 2 N–H and O–H groups in total. The third-order valence-corrected chi connectivity index (χ3v) is 4.31. The van der Waals surface area contributed by atoms with Gasteiger partial charge in [-0.2, -0.15) is 0 Å². The molecule has 120 valence electrons. The molecule has 3 aromatic rings. The van der Waals surface area contributed by atoms with Gasteiger partial charge < -0.3 is 10.5 Å². The minimum Gasteiger partial charge on any atom is -0.497 e. The van der Waals surface area contributed by atoms with Gasteiger partial charge in [0.2, 0.25) is 0 Å². The number of nitrogens with two attached hydrogens (primary N) is 1. The molecule has 2 aromatic carbocycles. The summed E-state index contributed by atoms with van der Waals surface area (Å²) in [5.74, 6) is 1.27. The largest absolute Gasteiger partial charge is 0.497 e. The van der Waals surface area contributed by atoms with Gasteiger partial charge in [0.15, 0.2) is 5.82 Å². The highest BCUT2D eigenvalue weighted by Crippen LogP contribution is 2.29. The zero-order valence-electron chi connectivity index (χ0n) is 13.2. The molecule has 24 heavy (non-hydrogen) atoms. The van der Waals surface area contributed by atoms with Crippen molar-refractivity contribution < 1.29 is 4.74 Å². The fourth-order valence-electron chi connectivity index (χ4n) is 2.05. The van der Waals surface area contributed by atoms with Gasteiger partial charge in [-0.3, -0.25) is 0 Å². The lowest BCUT2D eigenvalue weighted by Crippen LogP contribution is -1.97. The number of hydrogen-bond acceptors (Lipinski definition) is 5. The normalized spacial score (nSPS) is 10.9. The smallest absolute Gasteiger partial charge is 0.156 e. The lowest BCUT2D eigenvalue weighted by atomic mass is 10.2. The average molecular weight is 335 g/mol. The summed E-state index contributed by atoms with van der Waals surface area (Å²) in [7, 11) is 1.65. The summed E-state index contributed by atoms with van der Waals surface area (Å²) in [6, 6.07) is 17.8. The summed E-state index contributed by atoms with van der Waals surface area (Å²) < 4.78 is 5.15. The van der Waals surface area contributed by atoms with Crippen LogP contribution in [0.3, 0.4) is 0 Å². The van der Waals surface area contributed by atoms with E-state index in [1.807, 2.05) is 66.7 Å². The zero-order valence-corrected chi connectivity index (χ0v) is 14.0. The maximum absolute atomic E-state index is 5.94. The minimum atomic E-state index is 0.436. The molecule has 0 saturated carbocycles. The highest BCUT2D eigenvalue weighted by molar-refractivity contribution is 7.99. The van der Waals surface area contributed by atoms with Crippen molar-refractivity contribution in [1.82, 2.24) is 9.97 Å². The molecule has 0 radical (unpaired) electrons. The van der Waals surface area contributed by atoms with Gasteiger partial charge in [0.05, 0.1) is 19.0 Å². The van der Waals surface area contributed by atoms with Crippen LogP contribution in [0, 0.1) is 0 Å². The van der Waals surface area contributed by atoms with Gasteiger partial charge >= 0.3 is 0 Å². The second-order valence-electron chi connectivity index (χ2n) is 5.01. The Hall–Kier alpha value is -2.79. The van der Waals surface area contributed by atoms with E-state index in [4.69, 9.17) is 10.5 Å². The maximum Gasteiger partial charge on any atom is 0.156 e. The summed E-state index contributed by atoms with van der Waals surface area (Å²) >= 11 is 1.51. The van der Waals surface area contributed by atoms with E-state index in [0.717, 1.165) is 21.9 Å². The highest BCUT2D eigenvalue weighted by atomic mass is 32.2. The predicted molar refractivity (Wildman–Crippen MR) is 98.9 cm³/mol. The van der Waals surface area contributed by atoms with Gasteiger partial charge in [-0.1, -0.05) is 48.2 Å². The van der Waals surface area contributed by atoms with Gasteiger partial charge in [0, 0.05) is 4.90 Å². The Morgan fingerprint density at radius 2 is 1.75 bits per heavy atom. The minimum absolute atomic E-state index is 0.436. The summed E-state index contributed by atoms with van der Waals surface area (Å²) in [5, 5.41) is 0.707. The van der Waals surface area contributed by atoms with Crippen molar-refractivity contribution >= 4 is 29.7 Å². The van der Waals surface area contributed by atoms with E-state index in [0.29, 0.717) is 10.8 Å². The molecule has 0 amide bonds. The van der Waals surface area contributed by atoms with Crippen molar-refractivity contribution in [3.05, 3.63) is 72.1 Å². The fourth-order valence-corrected chi connectivity index (χ4v) is 2.87. The van der Waals surface area contributed by atoms with Crippen molar-refractivity contribution in [3.63, 3.8) is 0 Å². The standard InChI is InChI=1S/C19H17N3OS/c1-23-16-11-8-14(9-12-16)7-10-15-13-21-18(20)19(22-15)24-17-5-3-2-4-6-17/h2-13H,1H3,(H2,20,21)/b10-7+. The Balaban J connectivity index is 1.78. The first-order valence-electron chi connectivity index (χ1n) is 7.42. The van der Waals surface area contributed by atoms with Crippen molar-refractivity contribution in [2.45, 2.75) is 9.92 Å². The number of rotatable bonds is 5. The van der Waals surface area contributed by atoms with E-state index in [1.54, 1.807) is 13.3 Å².